The van der Waals surface area contributed by atoms with Crippen molar-refractivity contribution in [2.45, 2.75) is 18.1 Å². The fourth-order valence-electron chi connectivity index (χ4n) is 1.46. The second-order valence-corrected chi connectivity index (χ2v) is 7.82. The van der Waals surface area contributed by atoms with Crippen LogP contribution in [0.15, 0.2) is 21.5 Å². The van der Waals surface area contributed by atoms with E-state index < -0.39 is 10.0 Å². The van der Waals surface area contributed by atoms with Crippen LogP contribution in [-0.4, -0.2) is 36.9 Å². The van der Waals surface area contributed by atoms with Gasteiger partial charge in [-0.15, -0.1) is 11.3 Å². The second-order valence-electron chi connectivity index (χ2n) is 3.94. The van der Waals surface area contributed by atoms with E-state index in [4.69, 9.17) is 22.5 Å². The highest BCUT2D eigenvalue weighted by molar-refractivity contribution is 7.91. The maximum absolute atomic E-state index is 12.4. The van der Waals surface area contributed by atoms with E-state index >= 15 is 0 Å². The van der Waals surface area contributed by atoms with Crippen molar-refractivity contribution in [2.24, 2.45) is 16.8 Å². The molecule has 1 atom stereocenters. The summed E-state index contributed by atoms with van der Waals surface area (Å²) in [6.07, 6.45) is 0. The molecule has 0 bridgehead atoms. The van der Waals surface area contributed by atoms with E-state index in [-0.39, 0.29) is 22.5 Å². The van der Waals surface area contributed by atoms with Gasteiger partial charge in [-0.2, -0.15) is 4.31 Å². The molecule has 0 amide bonds. The molecule has 0 aliphatic rings. The number of nitrogens with two attached hydrogens (primary N) is 1. The molecule has 0 spiro atoms. The number of thiophene rings is 1. The van der Waals surface area contributed by atoms with Crippen molar-refractivity contribution >= 4 is 38.8 Å². The van der Waals surface area contributed by atoms with Gasteiger partial charge < -0.3 is 10.9 Å². The van der Waals surface area contributed by atoms with Crippen LogP contribution in [-0.2, 0) is 10.0 Å². The molecule has 6 nitrogen and oxygen atoms in total. The summed E-state index contributed by atoms with van der Waals surface area (Å²) in [5.74, 6) is -0.381. The number of oxime groups is 1. The average Bonchev–Trinajstić information content (AvgIpc) is 2.81. The molecule has 1 heterocycles. The van der Waals surface area contributed by atoms with Crippen LogP contribution >= 0.6 is 22.9 Å². The van der Waals surface area contributed by atoms with Crippen molar-refractivity contribution in [1.29, 1.82) is 0 Å². The summed E-state index contributed by atoms with van der Waals surface area (Å²) in [7, 11) is -3.59. The Morgan fingerprint density at radius 3 is 2.68 bits per heavy atom. The maximum Gasteiger partial charge on any atom is 0.252 e. The Morgan fingerprint density at radius 2 is 2.26 bits per heavy atom. The van der Waals surface area contributed by atoms with Crippen LogP contribution in [0.5, 0.6) is 0 Å². The van der Waals surface area contributed by atoms with Gasteiger partial charge >= 0.3 is 0 Å². The van der Waals surface area contributed by atoms with Gasteiger partial charge in [-0.05, 0) is 12.1 Å². The number of halogens is 1. The zero-order chi connectivity index (χ0) is 14.6. The predicted octanol–water partition coefficient (Wildman–Crippen LogP) is 1.79. The van der Waals surface area contributed by atoms with Gasteiger partial charge in [-0.25, -0.2) is 8.42 Å². The van der Waals surface area contributed by atoms with Gasteiger partial charge in [0.2, 0.25) is 0 Å². The van der Waals surface area contributed by atoms with E-state index in [1.165, 1.54) is 10.4 Å². The normalized spacial score (nSPS) is 14.8. The molecule has 0 saturated carbocycles. The predicted molar refractivity (Wildman–Crippen MR) is 76.3 cm³/mol. The van der Waals surface area contributed by atoms with E-state index in [1.807, 2.05) is 0 Å². The van der Waals surface area contributed by atoms with Gasteiger partial charge in [-0.3, -0.25) is 0 Å². The molecule has 1 unspecified atom stereocenters. The van der Waals surface area contributed by atoms with Crippen LogP contribution in [0.25, 0.3) is 0 Å². The van der Waals surface area contributed by atoms with Crippen LogP contribution in [0.1, 0.15) is 13.8 Å². The SMILES string of the molecule is CCN(CC(C)/C(N)=N/O)S(=O)(=O)c1ccc(Cl)s1. The molecule has 0 aliphatic heterocycles. The van der Waals surface area contributed by atoms with E-state index in [2.05, 4.69) is 5.16 Å². The topological polar surface area (TPSA) is 96.0 Å². The molecule has 0 fully saturated rings. The molecule has 0 aliphatic carbocycles. The highest BCUT2D eigenvalue weighted by Crippen LogP contribution is 2.28. The van der Waals surface area contributed by atoms with E-state index in [0.29, 0.717) is 10.9 Å². The van der Waals surface area contributed by atoms with E-state index in [1.54, 1.807) is 19.9 Å². The molecule has 3 N–H and O–H groups in total. The number of hydrogen-bond acceptors (Lipinski definition) is 5. The van der Waals surface area contributed by atoms with Gasteiger partial charge in [0.25, 0.3) is 10.0 Å². The van der Waals surface area contributed by atoms with Crippen molar-refractivity contribution in [3.05, 3.63) is 16.5 Å². The minimum absolute atomic E-state index is 0.00198. The maximum atomic E-state index is 12.4. The highest BCUT2D eigenvalue weighted by Gasteiger charge is 2.27. The summed E-state index contributed by atoms with van der Waals surface area (Å²) < 4.78 is 26.6. The van der Waals surface area contributed by atoms with Crippen LogP contribution in [0.3, 0.4) is 0 Å². The molecule has 0 aromatic carbocycles. The molecule has 1 aromatic rings. The average molecular weight is 326 g/mol. The quantitative estimate of drug-likeness (QED) is 0.361. The van der Waals surface area contributed by atoms with Crippen LogP contribution in [0.4, 0.5) is 0 Å². The Hall–Kier alpha value is -0.830. The van der Waals surface area contributed by atoms with Crippen LogP contribution in [0, 0.1) is 5.92 Å². The van der Waals surface area contributed by atoms with Crippen molar-refractivity contribution in [3.63, 3.8) is 0 Å². The largest absolute Gasteiger partial charge is 0.409 e. The number of hydrogen-bond donors (Lipinski definition) is 2. The third-order valence-corrected chi connectivity index (χ3v) is 6.23. The van der Waals surface area contributed by atoms with Crippen molar-refractivity contribution in [2.75, 3.05) is 13.1 Å². The third kappa shape index (κ3) is 3.82. The lowest BCUT2D eigenvalue weighted by molar-refractivity contribution is 0.311. The summed E-state index contributed by atoms with van der Waals surface area (Å²) in [5.41, 5.74) is 5.47. The third-order valence-electron chi connectivity index (χ3n) is 2.59. The summed E-state index contributed by atoms with van der Waals surface area (Å²) in [6, 6.07) is 3.01. The molecule has 1 aromatic heterocycles. The number of rotatable bonds is 6. The molecule has 108 valence electrons. The first kappa shape index (κ1) is 16.2. The van der Waals surface area contributed by atoms with Gasteiger partial charge in [0, 0.05) is 19.0 Å². The van der Waals surface area contributed by atoms with E-state index in [9.17, 15) is 8.42 Å². The smallest absolute Gasteiger partial charge is 0.252 e. The van der Waals surface area contributed by atoms with Gasteiger partial charge in [0.05, 0.1) is 4.34 Å². The molecular formula is C10H16ClN3O3S2. The Kier molecular flexibility index (Phi) is 5.60. The molecule has 0 radical (unpaired) electrons. The lowest BCUT2D eigenvalue weighted by atomic mass is 10.1. The fraction of sp³-hybridized carbons (Fsp3) is 0.500. The molecule has 9 heteroatoms. The fourth-order valence-corrected chi connectivity index (χ4v) is 4.63. The zero-order valence-electron chi connectivity index (χ0n) is 10.6. The first-order chi connectivity index (χ1) is 8.82. The Balaban J connectivity index is 2.97. The number of sulfonamides is 1. The van der Waals surface area contributed by atoms with Gasteiger partial charge in [0.15, 0.2) is 0 Å². The Labute approximate surface area is 121 Å². The van der Waals surface area contributed by atoms with Gasteiger partial charge in [0.1, 0.15) is 10.0 Å². The summed E-state index contributed by atoms with van der Waals surface area (Å²) in [4.78, 5) is 0. The number of nitrogens with zero attached hydrogens (tertiary/aromatic N) is 2. The van der Waals surface area contributed by atoms with Crippen LogP contribution < -0.4 is 5.73 Å². The summed E-state index contributed by atoms with van der Waals surface area (Å²) in [5, 5.41) is 11.5. The minimum Gasteiger partial charge on any atom is -0.409 e. The Morgan fingerprint density at radius 1 is 1.63 bits per heavy atom. The molecule has 19 heavy (non-hydrogen) atoms. The Bertz CT molecular complexity index is 556. The number of amidine groups is 1. The monoisotopic (exact) mass is 325 g/mol. The molecule has 1 rings (SSSR count). The van der Waals surface area contributed by atoms with Crippen molar-refractivity contribution < 1.29 is 13.6 Å². The lowest BCUT2D eigenvalue weighted by Gasteiger charge is -2.22. The second kappa shape index (κ2) is 6.56. The van der Waals surface area contributed by atoms with Gasteiger partial charge in [-0.1, -0.05) is 30.6 Å². The molecule has 0 saturated heterocycles. The summed E-state index contributed by atoms with van der Waals surface area (Å²) >= 11 is 6.76. The first-order valence-electron chi connectivity index (χ1n) is 5.55. The van der Waals surface area contributed by atoms with Crippen LogP contribution in [0.2, 0.25) is 4.34 Å². The van der Waals surface area contributed by atoms with E-state index in [0.717, 1.165) is 11.3 Å². The summed E-state index contributed by atoms with van der Waals surface area (Å²) in [6.45, 7) is 3.85. The van der Waals surface area contributed by atoms with Crippen molar-refractivity contribution in [3.8, 4) is 0 Å². The highest BCUT2D eigenvalue weighted by atomic mass is 35.5. The van der Waals surface area contributed by atoms with Crippen molar-refractivity contribution in [1.82, 2.24) is 4.31 Å². The standard InChI is InChI=1S/C10H16ClN3O3S2/c1-3-14(6-7(2)10(12)13-15)19(16,17)9-5-4-8(11)18-9/h4-5,7,15H,3,6H2,1-2H3,(H2,12,13). The first-order valence-corrected chi connectivity index (χ1v) is 8.19. The zero-order valence-corrected chi connectivity index (χ0v) is 13.0. The minimum atomic E-state index is -3.59. The lowest BCUT2D eigenvalue weighted by Crippen LogP contribution is -2.38. The molecular weight excluding hydrogens is 310 g/mol.